The molecule has 0 aliphatic carbocycles. The number of aldehydes is 2. The highest BCUT2D eigenvalue weighted by Crippen LogP contribution is 2.38. The lowest BCUT2D eigenvalue weighted by Crippen LogP contribution is -2.21. The minimum Gasteiger partial charge on any atom is -0.497 e. The van der Waals surface area contributed by atoms with Gasteiger partial charge in [-0.25, -0.2) is 0 Å². The number of hydrogen-bond acceptors (Lipinski definition) is 11. The lowest BCUT2D eigenvalue weighted by molar-refractivity contribution is -0.489. The van der Waals surface area contributed by atoms with Crippen LogP contribution in [-0.4, -0.2) is 43.4 Å². The van der Waals surface area contributed by atoms with Crippen LogP contribution in [0.3, 0.4) is 0 Å². The highest BCUT2D eigenvalue weighted by Gasteiger charge is 2.30. The molecule has 0 aromatic heterocycles. The molecule has 0 bridgehead atoms. The SMILES string of the molecule is O=CC(C=O)[N+](=O)[O-].O=[N+]([O-])c1cc([N+](=O)[O-])c(O)c([N+](=O)[O-])c1. The first-order valence-electron chi connectivity index (χ1n) is 5.41. The average molecular weight is 346 g/mol. The Morgan fingerprint density at radius 3 is 1.38 bits per heavy atom. The van der Waals surface area contributed by atoms with E-state index in [-0.39, 0.29) is 12.6 Å². The van der Waals surface area contributed by atoms with Gasteiger partial charge in [0.2, 0.25) is 12.6 Å². The zero-order valence-electron chi connectivity index (χ0n) is 11.2. The first-order chi connectivity index (χ1) is 11.1. The highest BCUT2D eigenvalue weighted by molar-refractivity contribution is 5.79. The van der Waals surface area contributed by atoms with Crippen molar-refractivity contribution in [3.05, 3.63) is 52.6 Å². The van der Waals surface area contributed by atoms with Gasteiger partial charge in [0, 0.05) is 4.92 Å². The van der Waals surface area contributed by atoms with Gasteiger partial charge < -0.3 is 5.11 Å². The topological polar surface area (TPSA) is 227 Å². The number of phenols is 1. The fraction of sp³-hybridized carbons (Fsp3) is 0.111. The third-order valence-electron chi connectivity index (χ3n) is 2.18. The summed E-state index contributed by atoms with van der Waals surface area (Å²) in [4.78, 5) is 55.3. The Hall–Kier alpha value is -4.04. The predicted molar refractivity (Wildman–Crippen MR) is 71.0 cm³/mol. The predicted octanol–water partition coefficient (Wildman–Crippen LogP) is 0.146. The van der Waals surface area contributed by atoms with Gasteiger partial charge in [-0.15, -0.1) is 0 Å². The van der Waals surface area contributed by atoms with Crippen molar-refractivity contribution in [1.29, 1.82) is 0 Å². The molecule has 0 radical (unpaired) electrons. The van der Waals surface area contributed by atoms with Gasteiger partial charge in [0.25, 0.3) is 11.4 Å². The number of nitro benzene ring substituents is 3. The molecule has 1 rings (SSSR count). The van der Waals surface area contributed by atoms with Gasteiger partial charge in [-0.2, -0.15) is 0 Å². The second-order valence-corrected chi connectivity index (χ2v) is 3.65. The lowest BCUT2D eigenvalue weighted by Gasteiger charge is -1.97. The van der Waals surface area contributed by atoms with Crippen molar-refractivity contribution in [2.75, 3.05) is 0 Å². The maximum atomic E-state index is 10.4. The van der Waals surface area contributed by atoms with E-state index >= 15 is 0 Å². The van der Waals surface area contributed by atoms with E-state index in [1.807, 2.05) is 0 Å². The average Bonchev–Trinajstić information content (AvgIpc) is 2.48. The normalized spacial score (nSPS) is 9.38. The maximum Gasteiger partial charge on any atom is 0.324 e. The Morgan fingerprint density at radius 1 is 0.833 bits per heavy atom. The summed E-state index contributed by atoms with van der Waals surface area (Å²) in [5.74, 6) is -1.21. The second kappa shape index (κ2) is 8.41. The number of nitrogens with zero attached hydrogens (tertiary/aromatic N) is 4. The van der Waals surface area contributed by atoms with E-state index in [9.17, 15) is 50.0 Å². The fourth-order valence-corrected chi connectivity index (χ4v) is 1.10. The molecule has 0 unspecified atom stereocenters. The molecule has 0 aliphatic rings. The molecule has 24 heavy (non-hydrogen) atoms. The molecule has 0 saturated carbocycles. The summed E-state index contributed by atoms with van der Waals surface area (Å²) in [6, 6.07) is -0.792. The number of carbonyl (C=O) groups excluding carboxylic acids is 2. The molecule has 0 atom stereocenters. The van der Waals surface area contributed by atoms with Gasteiger partial charge in [-0.3, -0.25) is 50.0 Å². The number of phenolic OH excluding ortho intramolecular Hbond substituents is 1. The van der Waals surface area contributed by atoms with Gasteiger partial charge in [0.05, 0.1) is 26.9 Å². The van der Waals surface area contributed by atoms with Crippen molar-refractivity contribution in [1.82, 2.24) is 0 Å². The van der Waals surface area contributed by atoms with Crippen molar-refractivity contribution in [3.8, 4) is 5.75 Å². The highest BCUT2D eigenvalue weighted by atomic mass is 16.6. The number of carbonyl (C=O) groups is 2. The summed E-state index contributed by atoms with van der Waals surface area (Å²) < 4.78 is 0. The molecule has 0 saturated heterocycles. The number of nitro groups is 4. The smallest absolute Gasteiger partial charge is 0.324 e. The fourth-order valence-electron chi connectivity index (χ4n) is 1.10. The van der Waals surface area contributed by atoms with E-state index in [4.69, 9.17) is 5.11 Å². The molecule has 1 N–H and O–H groups in total. The molecule has 15 heteroatoms. The minimum atomic E-state index is -1.69. The zero-order valence-corrected chi connectivity index (χ0v) is 11.2. The summed E-state index contributed by atoms with van der Waals surface area (Å²) >= 11 is 0. The van der Waals surface area contributed by atoms with Crippen LogP contribution >= 0.6 is 0 Å². The molecule has 0 spiro atoms. The van der Waals surface area contributed by atoms with Crippen LogP contribution in [0, 0.1) is 40.5 Å². The number of aromatic hydroxyl groups is 1. The Morgan fingerprint density at radius 2 is 1.21 bits per heavy atom. The van der Waals surface area contributed by atoms with E-state index in [2.05, 4.69) is 0 Å². The van der Waals surface area contributed by atoms with Gasteiger partial charge in [0.15, 0.2) is 0 Å². The number of rotatable bonds is 6. The largest absolute Gasteiger partial charge is 0.497 e. The molecular weight excluding hydrogens is 340 g/mol. The first-order valence-corrected chi connectivity index (χ1v) is 5.41. The molecule has 15 nitrogen and oxygen atoms in total. The third-order valence-corrected chi connectivity index (χ3v) is 2.18. The monoisotopic (exact) mass is 346 g/mol. The summed E-state index contributed by atoms with van der Waals surface area (Å²) in [5.41, 5.74) is -3.00. The summed E-state index contributed by atoms with van der Waals surface area (Å²) in [7, 11) is 0. The molecule has 0 aliphatic heterocycles. The van der Waals surface area contributed by atoms with Gasteiger partial charge in [-0.1, -0.05) is 0 Å². The van der Waals surface area contributed by atoms with Crippen molar-refractivity contribution in [3.63, 3.8) is 0 Å². The minimum absolute atomic E-state index is 0.0208. The van der Waals surface area contributed by atoms with Crippen molar-refractivity contribution < 1.29 is 34.4 Å². The molecule has 128 valence electrons. The third kappa shape index (κ3) is 5.06. The van der Waals surface area contributed by atoms with Crippen LogP contribution in [-0.2, 0) is 9.59 Å². The number of benzene rings is 1. The Bertz CT molecular complexity index is 672. The number of hydrogen-bond donors (Lipinski definition) is 1. The standard InChI is InChI=1S/C6H3N3O7.C3H3NO4/c10-6-4(8(13)14)1-3(7(11)12)2-5(6)9(15)16;5-1-3(2-6)4(7)8/h1-2,10H;1-3H. The maximum absolute atomic E-state index is 10.4. The van der Waals surface area contributed by atoms with Crippen LogP contribution in [0.5, 0.6) is 5.75 Å². The molecule has 0 amide bonds. The van der Waals surface area contributed by atoms with E-state index in [1.165, 1.54) is 0 Å². The van der Waals surface area contributed by atoms with Crippen molar-refractivity contribution in [2.45, 2.75) is 6.04 Å². The summed E-state index contributed by atoms with van der Waals surface area (Å²) in [6.07, 6.45) is -0.0417. The van der Waals surface area contributed by atoms with E-state index in [1.54, 1.807) is 0 Å². The molecule has 0 fully saturated rings. The summed E-state index contributed by atoms with van der Waals surface area (Å²) in [6.45, 7) is 0. The Labute approximate surface area is 129 Å². The quantitative estimate of drug-likeness (QED) is 0.315. The van der Waals surface area contributed by atoms with Gasteiger partial charge >= 0.3 is 17.4 Å². The zero-order chi connectivity index (χ0) is 19.0. The first kappa shape index (κ1) is 20.0. The van der Waals surface area contributed by atoms with E-state index < -0.39 is 48.5 Å². The summed E-state index contributed by atoms with van der Waals surface area (Å²) in [5, 5.41) is 49.7. The van der Waals surface area contributed by atoms with Crippen LogP contribution < -0.4 is 0 Å². The molecular formula is C9H6N4O11. The number of non-ortho nitro benzene ring substituents is 1. The van der Waals surface area contributed by atoms with Gasteiger partial charge in [-0.05, 0) is 0 Å². The lowest BCUT2D eigenvalue weighted by atomic mass is 10.2. The molecule has 0 heterocycles. The van der Waals surface area contributed by atoms with Crippen molar-refractivity contribution in [2.24, 2.45) is 0 Å². The van der Waals surface area contributed by atoms with Gasteiger partial charge in [0.1, 0.15) is 0 Å². The molecule has 1 aromatic rings. The van der Waals surface area contributed by atoms with Crippen LogP contribution in [0.25, 0.3) is 0 Å². The van der Waals surface area contributed by atoms with Crippen LogP contribution in [0.1, 0.15) is 0 Å². The molecule has 1 aromatic carbocycles. The van der Waals surface area contributed by atoms with E-state index in [0.29, 0.717) is 12.1 Å². The van der Waals surface area contributed by atoms with Crippen molar-refractivity contribution >= 4 is 29.6 Å². The van der Waals surface area contributed by atoms with E-state index in [0.717, 1.165) is 0 Å². The van der Waals surface area contributed by atoms with Crippen LogP contribution in [0.15, 0.2) is 12.1 Å². The van der Waals surface area contributed by atoms with Crippen LogP contribution in [0.4, 0.5) is 17.1 Å². The second-order valence-electron chi connectivity index (χ2n) is 3.65. The van der Waals surface area contributed by atoms with Crippen LogP contribution in [0.2, 0.25) is 0 Å². The Balaban J connectivity index is 0.000000561. The Kier molecular flexibility index (Phi) is 7.00.